The molecule has 0 aliphatic heterocycles. The van der Waals surface area contributed by atoms with Crippen LogP contribution in [-0.4, -0.2) is 18.0 Å². The molecule has 0 radical (unpaired) electrons. The van der Waals surface area contributed by atoms with Crippen molar-refractivity contribution in [3.05, 3.63) is 52.2 Å². The highest BCUT2D eigenvalue weighted by Crippen LogP contribution is 2.19. The van der Waals surface area contributed by atoms with Crippen molar-refractivity contribution in [3.63, 3.8) is 0 Å². The zero-order chi connectivity index (χ0) is 13.5. The fourth-order valence-electron chi connectivity index (χ4n) is 2.11. The highest BCUT2D eigenvalue weighted by molar-refractivity contribution is 7.09. The highest BCUT2D eigenvalue weighted by Gasteiger charge is 2.06. The summed E-state index contributed by atoms with van der Waals surface area (Å²) < 4.78 is 0. The van der Waals surface area contributed by atoms with Crippen molar-refractivity contribution in [1.82, 2.24) is 4.90 Å². The van der Waals surface area contributed by atoms with Gasteiger partial charge >= 0.3 is 0 Å². The van der Waals surface area contributed by atoms with E-state index in [2.05, 4.69) is 65.8 Å². The van der Waals surface area contributed by atoms with E-state index in [9.17, 15) is 0 Å². The molecule has 0 fully saturated rings. The lowest BCUT2D eigenvalue weighted by atomic mass is 10.1. The van der Waals surface area contributed by atoms with Crippen molar-refractivity contribution in [2.45, 2.75) is 26.9 Å². The van der Waals surface area contributed by atoms with Gasteiger partial charge in [0.2, 0.25) is 0 Å². The van der Waals surface area contributed by atoms with E-state index in [1.54, 1.807) is 11.3 Å². The first kappa shape index (κ1) is 14.1. The Hall–Kier alpha value is -1.32. The summed E-state index contributed by atoms with van der Waals surface area (Å²) in [6, 6.07) is 12.9. The predicted molar refractivity (Wildman–Crippen MR) is 84.7 cm³/mol. The van der Waals surface area contributed by atoms with Gasteiger partial charge in [0.25, 0.3) is 0 Å². The molecule has 2 rings (SSSR count). The second-order valence-corrected chi connectivity index (χ2v) is 5.58. The minimum Gasteiger partial charge on any atom is -0.380 e. The molecule has 3 heteroatoms. The molecule has 2 nitrogen and oxygen atoms in total. The predicted octanol–water partition coefficient (Wildman–Crippen LogP) is 4.20. The summed E-state index contributed by atoms with van der Waals surface area (Å²) in [6.07, 6.45) is 0. The van der Waals surface area contributed by atoms with Crippen LogP contribution in [-0.2, 0) is 13.1 Å². The molecule has 0 atom stereocenters. The maximum Gasteiger partial charge on any atom is 0.0494 e. The zero-order valence-electron chi connectivity index (χ0n) is 11.7. The van der Waals surface area contributed by atoms with Crippen molar-refractivity contribution in [3.8, 4) is 0 Å². The van der Waals surface area contributed by atoms with Crippen LogP contribution in [0.15, 0.2) is 41.8 Å². The summed E-state index contributed by atoms with van der Waals surface area (Å²) >= 11 is 1.80. The largest absolute Gasteiger partial charge is 0.380 e. The quantitative estimate of drug-likeness (QED) is 0.814. The minimum atomic E-state index is 0.910. The van der Waals surface area contributed by atoms with Gasteiger partial charge in [-0.05, 0) is 36.2 Å². The second-order valence-electron chi connectivity index (χ2n) is 4.55. The van der Waals surface area contributed by atoms with Gasteiger partial charge in [-0.2, -0.15) is 0 Å². The topological polar surface area (TPSA) is 15.3 Å². The van der Waals surface area contributed by atoms with Crippen LogP contribution in [0.3, 0.4) is 0 Å². The van der Waals surface area contributed by atoms with E-state index < -0.39 is 0 Å². The monoisotopic (exact) mass is 274 g/mol. The first-order chi connectivity index (χ1) is 9.33. The number of anilines is 1. The number of rotatable bonds is 7. The maximum absolute atomic E-state index is 3.55. The molecular weight excluding hydrogens is 252 g/mol. The van der Waals surface area contributed by atoms with Crippen LogP contribution in [0, 0.1) is 0 Å². The number of hydrogen-bond donors (Lipinski definition) is 1. The molecule has 1 aromatic heterocycles. The first-order valence-corrected chi connectivity index (χ1v) is 7.78. The Kier molecular flexibility index (Phi) is 5.43. The molecule has 0 spiro atoms. The van der Waals surface area contributed by atoms with Crippen molar-refractivity contribution in [2.75, 3.05) is 18.4 Å². The summed E-state index contributed by atoms with van der Waals surface area (Å²) in [6.45, 7) is 8.54. The van der Waals surface area contributed by atoms with Gasteiger partial charge in [0.1, 0.15) is 0 Å². The van der Waals surface area contributed by atoms with E-state index in [0.717, 1.165) is 26.2 Å². The van der Waals surface area contributed by atoms with Crippen LogP contribution in [0.25, 0.3) is 0 Å². The van der Waals surface area contributed by atoms with E-state index in [0.29, 0.717) is 0 Å². The molecule has 0 aliphatic rings. The summed E-state index contributed by atoms with van der Waals surface area (Å²) in [5.41, 5.74) is 2.63. The minimum absolute atomic E-state index is 0.910. The van der Waals surface area contributed by atoms with Crippen LogP contribution >= 0.6 is 11.3 Å². The number of para-hydroxylation sites is 1. The Bertz CT molecular complexity index is 475. The smallest absolute Gasteiger partial charge is 0.0494 e. The van der Waals surface area contributed by atoms with Crippen molar-refractivity contribution in [2.24, 2.45) is 0 Å². The van der Waals surface area contributed by atoms with Gasteiger partial charge in [-0.3, -0.25) is 4.90 Å². The number of benzene rings is 1. The lowest BCUT2D eigenvalue weighted by Gasteiger charge is -2.20. The number of thiophene rings is 1. The van der Waals surface area contributed by atoms with E-state index in [1.807, 2.05) is 0 Å². The van der Waals surface area contributed by atoms with E-state index in [-0.39, 0.29) is 0 Å². The van der Waals surface area contributed by atoms with Gasteiger partial charge in [-0.25, -0.2) is 0 Å². The van der Waals surface area contributed by atoms with E-state index >= 15 is 0 Å². The zero-order valence-corrected chi connectivity index (χ0v) is 12.5. The van der Waals surface area contributed by atoms with Gasteiger partial charge in [0.05, 0.1) is 0 Å². The van der Waals surface area contributed by atoms with Crippen LogP contribution in [0.5, 0.6) is 0 Å². The van der Waals surface area contributed by atoms with Crippen LogP contribution < -0.4 is 5.32 Å². The van der Waals surface area contributed by atoms with E-state index in [1.165, 1.54) is 16.1 Å². The molecule has 19 heavy (non-hydrogen) atoms. The second kappa shape index (κ2) is 7.31. The van der Waals surface area contributed by atoms with Crippen molar-refractivity contribution >= 4 is 17.0 Å². The van der Waals surface area contributed by atoms with Crippen molar-refractivity contribution < 1.29 is 0 Å². The molecule has 1 heterocycles. The lowest BCUT2D eigenvalue weighted by molar-refractivity contribution is 0.296. The molecule has 0 aliphatic carbocycles. The van der Waals surface area contributed by atoms with Gasteiger partial charge in [0.15, 0.2) is 0 Å². The fraction of sp³-hybridized carbons (Fsp3) is 0.375. The van der Waals surface area contributed by atoms with Crippen molar-refractivity contribution in [1.29, 1.82) is 0 Å². The average molecular weight is 274 g/mol. The highest BCUT2D eigenvalue weighted by atomic mass is 32.1. The van der Waals surface area contributed by atoms with Crippen LogP contribution in [0.4, 0.5) is 5.69 Å². The molecule has 102 valence electrons. The van der Waals surface area contributed by atoms with Gasteiger partial charge in [-0.1, -0.05) is 38.1 Å². The van der Waals surface area contributed by atoms with Gasteiger partial charge < -0.3 is 5.32 Å². The third-order valence-electron chi connectivity index (χ3n) is 3.34. The van der Waals surface area contributed by atoms with Gasteiger partial charge in [0, 0.05) is 23.7 Å². The summed E-state index contributed by atoms with van der Waals surface area (Å²) in [5, 5.41) is 5.68. The average Bonchev–Trinajstić information content (AvgIpc) is 2.97. The van der Waals surface area contributed by atoms with E-state index in [4.69, 9.17) is 0 Å². The molecule has 0 unspecified atom stereocenters. The molecule has 0 bridgehead atoms. The Morgan fingerprint density at radius 3 is 2.53 bits per heavy atom. The Morgan fingerprint density at radius 1 is 1.05 bits per heavy atom. The normalized spacial score (nSPS) is 10.9. The molecular formula is C16H22N2S. The van der Waals surface area contributed by atoms with Crippen LogP contribution in [0.2, 0.25) is 0 Å². The van der Waals surface area contributed by atoms with Crippen LogP contribution in [0.1, 0.15) is 24.3 Å². The molecule has 0 saturated carbocycles. The number of nitrogens with zero attached hydrogens (tertiary/aromatic N) is 1. The third-order valence-corrected chi connectivity index (χ3v) is 4.22. The standard InChI is InChI=1S/C16H22N2S/c1-3-18(4-2)13-14-8-5-6-10-16(14)17-12-15-9-7-11-19-15/h5-11,17H,3-4,12-13H2,1-2H3. The summed E-state index contributed by atoms with van der Waals surface area (Å²) in [5.74, 6) is 0. The Morgan fingerprint density at radius 2 is 1.84 bits per heavy atom. The summed E-state index contributed by atoms with van der Waals surface area (Å²) in [7, 11) is 0. The molecule has 1 N–H and O–H groups in total. The third kappa shape index (κ3) is 4.08. The summed E-state index contributed by atoms with van der Waals surface area (Å²) in [4.78, 5) is 3.81. The SMILES string of the molecule is CCN(CC)Cc1ccccc1NCc1cccs1. The Labute approximate surface area is 120 Å². The number of hydrogen-bond acceptors (Lipinski definition) is 3. The fourth-order valence-corrected chi connectivity index (χ4v) is 2.76. The number of nitrogens with one attached hydrogen (secondary N) is 1. The molecule has 1 aromatic carbocycles. The Balaban J connectivity index is 2.03. The molecule has 2 aromatic rings. The lowest BCUT2D eigenvalue weighted by Crippen LogP contribution is -2.22. The molecule has 0 amide bonds. The maximum atomic E-state index is 3.55. The first-order valence-electron chi connectivity index (χ1n) is 6.90. The molecule has 0 saturated heterocycles. The van der Waals surface area contributed by atoms with Gasteiger partial charge in [-0.15, -0.1) is 11.3 Å².